The quantitative estimate of drug-likeness (QED) is 0.804. The van der Waals surface area contributed by atoms with Crippen LogP contribution >= 0.6 is 0 Å². The minimum absolute atomic E-state index is 0.0220. The molecule has 0 saturated heterocycles. The van der Waals surface area contributed by atoms with E-state index in [-0.39, 0.29) is 23.5 Å². The second kappa shape index (κ2) is 6.71. The van der Waals surface area contributed by atoms with Gasteiger partial charge in [-0.2, -0.15) is 0 Å². The Morgan fingerprint density at radius 3 is 2.76 bits per heavy atom. The summed E-state index contributed by atoms with van der Waals surface area (Å²) in [6.45, 7) is 7.12. The SMILES string of the molecule is CCO[C@@H]1C[C@H](N(C)C(=O)c2cnc3c(c2)nnn3C)C1(CC)CC. The van der Waals surface area contributed by atoms with Gasteiger partial charge in [-0.1, -0.05) is 19.1 Å². The van der Waals surface area contributed by atoms with Crippen molar-refractivity contribution in [2.24, 2.45) is 12.5 Å². The molecule has 2 heterocycles. The van der Waals surface area contributed by atoms with Crippen LogP contribution in [0.15, 0.2) is 12.3 Å². The van der Waals surface area contributed by atoms with Crippen LogP contribution in [-0.4, -0.2) is 56.6 Å². The summed E-state index contributed by atoms with van der Waals surface area (Å²) in [7, 11) is 3.67. The Balaban J connectivity index is 1.83. The zero-order chi connectivity index (χ0) is 18.2. The molecular weight excluding hydrogens is 318 g/mol. The molecule has 0 aromatic carbocycles. The minimum Gasteiger partial charge on any atom is -0.378 e. The lowest BCUT2D eigenvalue weighted by Gasteiger charge is -2.58. The number of nitrogens with zero attached hydrogens (tertiary/aromatic N) is 5. The predicted octanol–water partition coefficient (Wildman–Crippen LogP) is 2.42. The first-order chi connectivity index (χ1) is 12.0. The van der Waals surface area contributed by atoms with Crippen molar-refractivity contribution in [1.29, 1.82) is 0 Å². The molecule has 1 saturated carbocycles. The number of hydrogen-bond donors (Lipinski definition) is 0. The number of rotatable bonds is 6. The maximum atomic E-state index is 13.0. The minimum atomic E-state index is -0.0220. The third-order valence-corrected chi connectivity index (χ3v) is 5.90. The van der Waals surface area contributed by atoms with Crippen LogP contribution in [-0.2, 0) is 11.8 Å². The largest absolute Gasteiger partial charge is 0.378 e. The third kappa shape index (κ3) is 2.70. The number of pyridine rings is 1. The second-order valence-corrected chi connectivity index (χ2v) is 6.83. The first-order valence-corrected chi connectivity index (χ1v) is 9.02. The lowest BCUT2D eigenvalue weighted by atomic mass is 9.58. The van der Waals surface area contributed by atoms with E-state index in [1.807, 2.05) is 18.9 Å². The van der Waals surface area contributed by atoms with Gasteiger partial charge in [-0.15, -0.1) is 5.10 Å². The molecule has 1 amide bonds. The fourth-order valence-corrected chi connectivity index (χ4v) is 4.27. The summed E-state index contributed by atoms with van der Waals surface area (Å²) in [5, 5.41) is 8.00. The van der Waals surface area contributed by atoms with E-state index in [9.17, 15) is 4.79 Å². The summed E-state index contributed by atoms with van der Waals surface area (Å²) in [5.41, 5.74) is 1.90. The van der Waals surface area contributed by atoms with Gasteiger partial charge >= 0.3 is 0 Å². The Kier molecular flexibility index (Phi) is 4.77. The van der Waals surface area contributed by atoms with Crippen molar-refractivity contribution >= 4 is 17.1 Å². The Bertz CT molecular complexity index is 768. The molecule has 0 bridgehead atoms. The Labute approximate surface area is 148 Å². The monoisotopic (exact) mass is 345 g/mol. The van der Waals surface area contributed by atoms with Gasteiger partial charge in [0.2, 0.25) is 0 Å². The lowest BCUT2D eigenvalue weighted by molar-refractivity contribution is -0.159. The highest BCUT2D eigenvalue weighted by molar-refractivity contribution is 5.96. The van der Waals surface area contributed by atoms with Crippen LogP contribution in [0.4, 0.5) is 0 Å². The van der Waals surface area contributed by atoms with E-state index >= 15 is 0 Å². The zero-order valence-electron chi connectivity index (χ0n) is 15.7. The molecule has 1 aliphatic rings. The number of fused-ring (bicyclic) bond motifs is 1. The summed E-state index contributed by atoms with van der Waals surface area (Å²) < 4.78 is 7.53. The van der Waals surface area contributed by atoms with Gasteiger partial charge in [-0.25, -0.2) is 9.67 Å². The molecule has 3 rings (SSSR count). The number of ether oxygens (including phenoxy) is 1. The van der Waals surface area contributed by atoms with Gasteiger partial charge in [0.1, 0.15) is 5.52 Å². The summed E-state index contributed by atoms with van der Waals surface area (Å²) in [5.74, 6) is -0.0220. The highest BCUT2D eigenvalue weighted by Gasteiger charge is 2.55. The van der Waals surface area contributed by atoms with Gasteiger partial charge in [-0.3, -0.25) is 4.79 Å². The molecule has 0 spiro atoms. The van der Waals surface area contributed by atoms with E-state index in [1.54, 1.807) is 24.0 Å². The van der Waals surface area contributed by atoms with Crippen LogP contribution in [0.1, 0.15) is 50.4 Å². The van der Waals surface area contributed by atoms with Crippen molar-refractivity contribution in [2.75, 3.05) is 13.7 Å². The Morgan fingerprint density at radius 1 is 1.40 bits per heavy atom. The van der Waals surface area contributed by atoms with Crippen molar-refractivity contribution in [3.8, 4) is 0 Å². The van der Waals surface area contributed by atoms with Crippen LogP contribution in [0, 0.1) is 5.41 Å². The number of carbonyl (C=O) groups is 1. The normalized spacial score (nSPS) is 22.0. The van der Waals surface area contributed by atoms with E-state index in [2.05, 4.69) is 29.1 Å². The average molecular weight is 345 g/mol. The van der Waals surface area contributed by atoms with Crippen LogP contribution in [0.25, 0.3) is 11.2 Å². The van der Waals surface area contributed by atoms with E-state index in [1.165, 1.54) is 0 Å². The second-order valence-electron chi connectivity index (χ2n) is 6.83. The first kappa shape index (κ1) is 17.8. The fraction of sp³-hybridized carbons (Fsp3) is 0.667. The number of aryl methyl sites for hydroxylation is 1. The molecule has 0 radical (unpaired) electrons. The highest BCUT2D eigenvalue weighted by Crippen LogP contribution is 2.51. The summed E-state index contributed by atoms with van der Waals surface area (Å²) >= 11 is 0. The molecule has 2 aromatic heterocycles. The predicted molar refractivity (Wildman–Crippen MR) is 95.2 cm³/mol. The third-order valence-electron chi connectivity index (χ3n) is 5.90. The molecule has 0 unspecified atom stereocenters. The van der Waals surface area contributed by atoms with E-state index in [0.717, 1.165) is 19.3 Å². The van der Waals surface area contributed by atoms with E-state index in [0.29, 0.717) is 23.3 Å². The molecule has 1 fully saturated rings. The average Bonchev–Trinajstić information content (AvgIpc) is 2.99. The zero-order valence-corrected chi connectivity index (χ0v) is 15.7. The molecule has 1 aliphatic carbocycles. The van der Waals surface area contributed by atoms with E-state index in [4.69, 9.17) is 4.74 Å². The molecule has 7 heteroatoms. The van der Waals surface area contributed by atoms with Gasteiger partial charge in [-0.05, 0) is 32.3 Å². The van der Waals surface area contributed by atoms with Gasteiger partial charge in [0, 0.05) is 38.4 Å². The summed E-state index contributed by atoms with van der Waals surface area (Å²) in [4.78, 5) is 19.2. The smallest absolute Gasteiger partial charge is 0.255 e. The van der Waals surface area contributed by atoms with Crippen molar-refractivity contribution in [3.63, 3.8) is 0 Å². The van der Waals surface area contributed by atoms with Crippen LogP contribution in [0.3, 0.4) is 0 Å². The standard InChI is InChI=1S/C18H27N5O2/c1-6-18(7-2)14(10-15(18)25-8-3)22(4)17(24)12-9-13-16(19-11-12)23(5)21-20-13/h9,11,14-15H,6-8,10H2,1-5H3/t14-,15+/m0/s1. The lowest BCUT2D eigenvalue weighted by Crippen LogP contribution is -2.64. The molecule has 0 N–H and O–H groups in total. The van der Waals surface area contributed by atoms with Crippen LogP contribution in [0.5, 0.6) is 0 Å². The molecule has 7 nitrogen and oxygen atoms in total. The first-order valence-electron chi connectivity index (χ1n) is 9.02. The Hall–Kier alpha value is -2.02. The highest BCUT2D eigenvalue weighted by atomic mass is 16.5. The number of aromatic nitrogens is 4. The fourth-order valence-electron chi connectivity index (χ4n) is 4.27. The number of hydrogen-bond acceptors (Lipinski definition) is 5. The van der Waals surface area contributed by atoms with Crippen molar-refractivity contribution in [3.05, 3.63) is 17.8 Å². The summed E-state index contributed by atoms with van der Waals surface area (Å²) in [6, 6.07) is 1.95. The summed E-state index contributed by atoms with van der Waals surface area (Å²) in [6.07, 6.45) is 4.73. The Morgan fingerprint density at radius 2 is 2.12 bits per heavy atom. The molecule has 25 heavy (non-hydrogen) atoms. The van der Waals surface area contributed by atoms with E-state index < -0.39 is 0 Å². The van der Waals surface area contributed by atoms with Gasteiger partial charge < -0.3 is 9.64 Å². The van der Waals surface area contributed by atoms with Crippen molar-refractivity contribution < 1.29 is 9.53 Å². The van der Waals surface area contributed by atoms with Crippen molar-refractivity contribution in [2.45, 2.75) is 52.2 Å². The van der Waals surface area contributed by atoms with Gasteiger partial charge in [0.15, 0.2) is 5.65 Å². The molecule has 136 valence electrons. The maximum Gasteiger partial charge on any atom is 0.255 e. The van der Waals surface area contributed by atoms with Crippen LogP contribution < -0.4 is 0 Å². The number of carbonyl (C=O) groups excluding carboxylic acids is 1. The van der Waals surface area contributed by atoms with Crippen LogP contribution in [0.2, 0.25) is 0 Å². The maximum absolute atomic E-state index is 13.0. The van der Waals surface area contributed by atoms with Crippen molar-refractivity contribution in [1.82, 2.24) is 24.9 Å². The molecule has 0 aliphatic heterocycles. The van der Waals surface area contributed by atoms with Gasteiger partial charge in [0.25, 0.3) is 5.91 Å². The topological polar surface area (TPSA) is 73.1 Å². The van der Waals surface area contributed by atoms with Gasteiger partial charge in [0.05, 0.1) is 11.7 Å². The molecular formula is C18H27N5O2. The molecule has 2 aromatic rings. The molecule has 2 atom stereocenters. The number of amides is 1.